The second-order valence-corrected chi connectivity index (χ2v) is 8.44. The molecule has 0 spiro atoms. The molecule has 33 heavy (non-hydrogen) atoms. The molecule has 1 saturated heterocycles. The van der Waals surface area contributed by atoms with Gasteiger partial charge in [-0.25, -0.2) is 4.68 Å². The number of aromatic nitrogens is 2. The Labute approximate surface area is 194 Å². The van der Waals surface area contributed by atoms with Gasteiger partial charge in [-0.15, -0.1) is 11.8 Å². The summed E-state index contributed by atoms with van der Waals surface area (Å²) in [6.45, 7) is 2.28. The highest BCUT2D eigenvalue weighted by Crippen LogP contribution is 2.27. The Morgan fingerprint density at radius 1 is 1.06 bits per heavy atom. The highest BCUT2D eigenvalue weighted by molar-refractivity contribution is 7.98. The van der Waals surface area contributed by atoms with E-state index in [0.717, 1.165) is 10.6 Å². The van der Waals surface area contributed by atoms with E-state index in [9.17, 15) is 19.2 Å². The Bertz CT molecular complexity index is 1290. The number of carbonyl (C=O) groups excluding carboxylic acids is 3. The van der Waals surface area contributed by atoms with E-state index >= 15 is 0 Å². The number of carbonyl (C=O) groups is 3. The van der Waals surface area contributed by atoms with Gasteiger partial charge in [0.15, 0.2) is 5.69 Å². The van der Waals surface area contributed by atoms with Crippen molar-refractivity contribution in [3.8, 4) is 0 Å². The molecule has 1 aliphatic heterocycles. The van der Waals surface area contributed by atoms with Gasteiger partial charge in [-0.3, -0.25) is 30.0 Å². The molecule has 0 bridgehead atoms. The molecule has 2 aromatic carbocycles. The predicted octanol–water partition coefficient (Wildman–Crippen LogP) is 1.95. The third-order valence-electron chi connectivity index (χ3n) is 5.56. The van der Waals surface area contributed by atoms with Crippen LogP contribution in [0.25, 0.3) is 10.8 Å². The number of benzene rings is 2. The van der Waals surface area contributed by atoms with Gasteiger partial charge in [0.25, 0.3) is 11.5 Å². The second kappa shape index (κ2) is 9.45. The van der Waals surface area contributed by atoms with Gasteiger partial charge in [-0.1, -0.05) is 18.2 Å². The molecule has 0 aliphatic carbocycles. The molecule has 1 aliphatic rings. The quantitative estimate of drug-likeness (QED) is 0.440. The van der Waals surface area contributed by atoms with Crippen LogP contribution in [-0.4, -0.2) is 40.3 Å². The molecule has 2 heterocycles. The topological polar surface area (TPSA) is 113 Å². The maximum Gasteiger partial charge on any atom is 0.290 e. The van der Waals surface area contributed by atoms with Crippen LogP contribution in [0.5, 0.6) is 0 Å². The molecule has 1 unspecified atom stereocenters. The van der Waals surface area contributed by atoms with E-state index in [2.05, 4.69) is 16.0 Å². The number of hydrogen-bond acceptors (Lipinski definition) is 6. The van der Waals surface area contributed by atoms with Crippen molar-refractivity contribution in [2.45, 2.75) is 24.8 Å². The summed E-state index contributed by atoms with van der Waals surface area (Å²) in [5.74, 6) is -1.86. The van der Waals surface area contributed by atoms with Gasteiger partial charge >= 0.3 is 0 Å². The van der Waals surface area contributed by atoms with Crippen molar-refractivity contribution in [1.82, 2.24) is 20.6 Å². The third kappa shape index (κ3) is 4.47. The first kappa shape index (κ1) is 22.5. The number of fused-ring (bicyclic) bond motifs is 1. The maximum atomic E-state index is 12.8. The zero-order valence-electron chi connectivity index (χ0n) is 18.2. The van der Waals surface area contributed by atoms with E-state index < -0.39 is 17.7 Å². The molecule has 1 aromatic heterocycles. The fourth-order valence-electron chi connectivity index (χ4n) is 3.79. The van der Waals surface area contributed by atoms with Crippen LogP contribution in [0.2, 0.25) is 0 Å². The number of hydrogen-bond donors (Lipinski definition) is 2. The first-order chi connectivity index (χ1) is 15.9. The Balaban J connectivity index is 1.45. The van der Waals surface area contributed by atoms with Crippen molar-refractivity contribution < 1.29 is 14.4 Å². The van der Waals surface area contributed by atoms with E-state index in [4.69, 9.17) is 0 Å². The number of amides is 3. The van der Waals surface area contributed by atoms with Gasteiger partial charge in [0.1, 0.15) is 0 Å². The minimum Gasteiger partial charge on any atom is -0.312 e. The van der Waals surface area contributed by atoms with Gasteiger partial charge in [0, 0.05) is 35.5 Å². The molecular formula is C23H23N5O4S. The standard InChI is InChI=1S/C23H23N5O4S/c1-3-28-23(32)18-7-5-4-6-17(18)20(26-28)22(31)25-24-21(30)14-12-19(29)27(13-14)15-8-10-16(33-2)11-9-15/h4-11,14H,3,12-13H2,1-2H3,(H,24,30)(H,25,31). The SMILES string of the molecule is CCn1nc(C(=O)NNC(=O)C2CC(=O)N(c3ccc(SC)cc3)C2)c2ccccc2c1=O. The molecule has 9 nitrogen and oxygen atoms in total. The molecule has 3 amide bonds. The van der Waals surface area contributed by atoms with Crippen LogP contribution < -0.4 is 21.3 Å². The second-order valence-electron chi connectivity index (χ2n) is 7.56. The smallest absolute Gasteiger partial charge is 0.290 e. The molecule has 3 aromatic rings. The lowest BCUT2D eigenvalue weighted by Gasteiger charge is -2.17. The minimum absolute atomic E-state index is 0.0327. The average molecular weight is 466 g/mol. The largest absolute Gasteiger partial charge is 0.312 e. The Kier molecular flexibility index (Phi) is 6.45. The number of hydrazine groups is 1. The summed E-state index contributed by atoms with van der Waals surface area (Å²) in [4.78, 5) is 53.0. The normalized spacial score (nSPS) is 15.6. The van der Waals surface area contributed by atoms with E-state index in [1.807, 2.05) is 30.5 Å². The minimum atomic E-state index is -0.643. The van der Waals surface area contributed by atoms with E-state index in [0.29, 0.717) is 17.3 Å². The average Bonchev–Trinajstić information content (AvgIpc) is 3.24. The number of aryl methyl sites for hydroxylation is 1. The summed E-state index contributed by atoms with van der Waals surface area (Å²) in [5, 5.41) is 4.92. The maximum absolute atomic E-state index is 12.8. The van der Waals surface area contributed by atoms with Gasteiger partial charge in [0.05, 0.1) is 11.3 Å². The molecule has 0 radical (unpaired) electrons. The zero-order chi connectivity index (χ0) is 23.5. The molecule has 170 valence electrons. The molecule has 1 atom stereocenters. The summed E-state index contributed by atoms with van der Waals surface area (Å²) in [5.41, 5.74) is 5.25. The van der Waals surface area contributed by atoms with Crippen molar-refractivity contribution in [2.75, 3.05) is 17.7 Å². The van der Waals surface area contributed by atoms with E-state index in [1.165, 1.54) is 4.68 Å². The van der Waals surface area contributed by atoms with Crippen molar-refractivity contribution >= 4 is 45.9 Å². The van der Waals surface area contributed by atoms with Crippen molar-refractivity contribution in [3.05, 3.63) is 64.6 Å². The number of thioether (sulfide) groups is 1. The number of anilines is 1. The lowest BCUT2D eigenvalue weighted by Crippen LogP contribution is -2.46. The zero-order valence-corrected chi connectivity index (χ0v) is 19.0. The number of rotatable bonds is 5. The fourth-order valence-corrected chi connectivity index (χ4v) is 4.20. The summed E-state index contributed by atoms with van der Waals surface area (Å²) in [6, 6.07) is 14.2. The van der Waals surface area contributed by atoms with Crippen LogP contribution in [0.1, 0.15) is 23.8 Å². The Hall–Kier alpha value is -3.66. The van der Waals surface area contributed by atoms with Crippen LogP contribution >= 0.6 is 11.8 Å². The third-order valence-corrected chi connectivity index (χ3v) is 6.31. The molecule has 4 rings (SSSR count). The van der Waals surface area contributed by atoms with Crippen LogP contribution in [0.15, 0.2) is 58.2 Å². The lowest BCUT2D eigenvalue weighted by molar-refractivity contribution is -0.126. The molecule has 2 N–H and O–H groups in total. The van der Waals surface area contributed by atoms with Crippen LogP contribution in [0, 0.1) is 5.92 Å². The fraction of sp³-hybridized carbons (Fsp3) is 0.261. The van der Waals surface area contributed by atoms with Crippen LogP contribution in [-0.2, 0) is 16.1 Å². The Morgan fingerprint density at radius 2 is 1.76 bits per heavy atom. The summed E-state index contributed by atoms with van der Waals surface area (Å²) < 4.78 is 1.20. The number of nitrogens with zero attached hydrogens (tertiary/aromatic N) is 3. The predicted molar refractivity (Wildman–Crippen MR) is 126 cm³/mol. The van der Waals surface area contributed by atoms with Crippen molar-refractivity contribution in [1.29, 1.82) is 0 Å². The van der Waals surface area contributed by atoms with Gasteiger partial charge in [-0.2, -0.15) is 5.10 Å². The first-order valence-corrected chi connectivity index (χ1v) is 11.7. The highest BCUT2D eigenvalue weighted by Gasteiger charge is 2.35. The summed E-state index contributed by atoms with van der Waals surface area (Å²) >= 11 is 1.61. The monoisotopic (exact) mass is 465 g/mol. The van der Waals surface area contributed by atoms with E-state index in [-0.39, 0.29) is 30.1 Å². The summed E-state index contributed by atoms with van der Waals surface area (Å²) in [7, 11) is 0. The highest BCUT2D eigenvalue weighted by atomic mass is 32.2. The Morgan fingerprint density at radius 3 is 2.42 bits per heavy atom. The van der Waals surface area contributed by atoms with Crippen LogP contribution in [0.4, 0.5) is 5.69 Å². The van der Waals surface area contributed by atoms with Crippen molar-refractivity contribution in [2.24, 2.45) is 5.92 Å². The summed E-state index contributed by atoms with van der Waals surface area (Å²) in [6.07, 6.45) is 2.02. The van der Waals surface area contributed by atoms with Gasteiger partial charge in [-0.05, 0) is 43.5 Å². The molecule has 0 saturated carbocycles. The van der Waals surface area contributed by atoms with Crippen LogP contribution in [0.3, 0.4) is 0 Å². The lowest BCUT2D eigenvalue weighted by atomic mass is 10.1. The molecule has 10 heteroatoms. The number of nitrogens with one attached hydrogen (secondary N) is 2. The van der Waals surface area contributed by atoms with E-state index in [1.54, 1.807) is 47.9 Å². The van der Waals surface area contributed by atoms with Gasteiger partial charge in [0.2, 0.25) is 11.8 Å². The first-order valence-electron chi connectivity index (χ1n) is 10.5. The molecule has 1 fully saturated rings. The van der Waals surface area contributed by atoms with Gasteiger partial charge < -0.3 is 4.90 Å². The van der Waals surface area contributed by atoms with Crippen molar-refractivity contribution in [3.63, 3.8) is 0 Å². The molecular weight excluding hydrogens is 442 g/mol.